The molecule has 0 unspecified atom stereocenters. The monoisotopic (exact) mass is 167 g/mol. The molecule has 0 aliphatic carbocycles. The molecule has 1 rings (SSSR count). The molecule has 0 aliphatic rings. The first-order chi connectivity index (χ1) is 5.22. The summed E-state index contributed by atoms with van der Waals surface area (Å²) in [4.78, 5) is 10.4. The lowest BCUT2D eigenvalue weighted by Crippen LogP contribution is -2.09. The van der Waals surface area contributed by atoms with E-state index in [9.17, 15) is 0 Å². The molecule has 0 bridgehead atoms. The fourth-order valence-electron chi connectivity index (χ4n) is 0.734. The molecular weight excluding hydrogens is 158 g/mol. The van der Waals surface area contributed by atoms with Crippen molar-refractivity contribution in [2.24, 2.45) is 0 Å². The van der Waals surface area contributed by atoms with Gasteiger partial charge in [0, 0.05) is 6.54 Å². The quantitative estimate of drug-likeness (QED) is 0.625. The van der Waals surface area contributed by atoms with Crippen LogP contribution in [0, 0.1) is 6.57 Å². The lowest BCUT2D eigenvalue weighted by atomic mass is 10.5. The topological polar surface area (TPSA) is 20.5 Å². The maximum atomic E-state index is 6.70. The Balaban J connectivity index is 2.67. The molecule has 0 spiro atoms. The molecule has 0 radical (unpaired) electrons. The highest BCUT2D eigenvalue weighted by Gasteiger charge is 2.02. The minimum absolute atomic E-state index is 0.529. The summed E-state index contributed by atoms with van der Waals surface area (Å²) in [7, 11) is 3.99. The van der Waals surface area contributed by atoms with Gasteiger partial charge in [-0.1, -0.05) is 6.57 Å². The third kappa shape index (κ3) is 2.30. The highest BCUT2D eigenvalue weighted by Crippen LogP contribution is 2.21. The lowest BCUT2D eigenvalue weighted by molar-refractivity contribution is 0.406. The van der Waals surface area contributed by atoms with Crippen LogP contribution in [0.3, 0.4) is 0 Å². The van der Waals surface area contributed by atoms with Crippen molar-refractivity contribution in [2.45, 2.75) is 6.54 Å². The van der Waals surface area contributed by atoms with Crippen LogP contribution >= 0.6 is 11.3 Å². The van der Waals surface area contributed by atoms with Gasteiger partial charge >= 0.3 is 5.13 Å². The summed E-state index contributed by atoms with van der Waals surface area (Å²) in [5.41, 5.74) is 0. The number of rotatable bonds is 2. The van der Waals surface area contributed by atoms with Crippen LogP contribution in [0.4, 0.5) is 5.13 Å². The average molecular weight is 167 g/mol. The van der Waals surface area contributed by atoms with Crippen LogP contribution in [0.25, 0.3) is 4.85 Å². The summed E-state index contributed by atoms with van der Waals surface area (Å²) >= 11 is 1.45. The first kappa shape index (κ1) is 8.18. The minimum atomic E-state index is 0.529. The van der Waals surface area contributed by atoms with Crippen LogP contribution in [0.15, 0.2) is 6.20 Å². The Morgan fingerprint density at radius 1 is 1.73 bits per heavy atom. The van der Waals surface area contributed by atoms with Gasteiger partial charge in [0.05, 0.1) is 4.88 Å². The summed E-state index contributed by atoms with van der Waals surface area (Å²) < 4.78 is 0. The number of thiazole rings is 1. The Morgan fingerprint density at radius 3 is 2.91 bits per heavy atom. The van der Waals surface area contributed by atoms with Crippen LogP contribution in [-0.4, -0.2) is 24.0 Å². The molecule has 1 aromatic rings. The molecule has 0 amide bonds. The van der Waals surface area contributed by atoms with E-state index in [4.69, 9.17) is 6.57 Å². The summed E-state index contributed by atoms with van der Waals surface area (Å²) in [6.07, 6.45) is 1.76. The molecule has 0 atom stereocenters. The minimum Gasteiger partial charge on any atom is -0.351 e. The van der Waals surface area contributed by atoms with E-state index < -0.39 is 0 Å². The number of nitrogens with zero attached hydrogens (tertiary/aromatic N) is 3. The van der Waals surface area contributed by atoms with Gasteiger partial charge in [0.2, 0.25) is 0 Å². The maximum absolute atomic E-state index is 6.70. The summed E-state index contributed by atoms with van der Waals surface area (Å²) in [5.74, 6) is 0. The average Bonchev–Trinajstić information content (AvgIpc) is 2.34. The molecule has 11 heavy (non-hydrogen) atoms. The van der Waals surface area contributed by atoms with Crippen LogP contribution in [-0.2, 0) is 6.54 Å². The zero-order valence-electron chi connectivity index (χ0n) is 6.53. The molecule has 0 fully saturated rings. The van der Waals surface area contributed by atoms with Gasteiger partial charge in [0.25, 0.3) is 0 Å². The predicted molar refractivity (Wildman–Crippen MR) is 45.8 cm³/mol. The van der Waals surface area contributed by atoms with E-state index in [2.05, 4.69) is 14.7 Å². The van der Waals surface area contributed by atoms with Crippen molar-refractivity contribution < 1.29 is 0 Å². The van der Waals surface area contributed by atoms with E-state index in [-0.39, 0.29) is 0 Å². The standard InChI is InChI=1S/C7H9N3S/c1-8-7-9-4-6(11-7)5-10(2)3/h4H,5H2,2-3H3. The molecule has 4 heteroatoms. The second-order valence-electron chi connectivity index (χ2n) is 2.46. The smallest absolute Gasteiger partial charge is 0.329 e. The van der Waals surface area contributed by atoms with Crippen molar-refractivity contribution in [3.05, 3.63) is 22.5 Å². The third-order valence-corrected chi connectivity index (χ3v) is 1.99. The van der Waals surface area contributed by atoms with Crippen LogP contribution < -0.4 is 0 Å². The normalized spacial score (nSPS) is 10.0. The molecule has 1 heterocycles. The Hall–Kier alpha value is -0.920. The van der Waals surface area contributed by atoms with Crippen molar-refractivity contribution in [1.29, 1.82) is 0 Å². The highest BCUT2D eigenvalue weighted by atomic mass is 32.1. The van der Waals surface area contributed by atoms with E-state index in [1.54, 1.807) is 6.20 Å². The van der Waals surface area contributed by atoms with Crippen molar-refractivity contribution in [1.82, 2.24) is 9.88 Å². The Bertz CT molecular complexity index is 271. The lowest BCUT2D eigenvalue weighted by Gasteiger charge is -2.04. The van der Waals surface area contributed by atoms with Gasteiger partial charge in [0.1, 0.15) is 6.20 Å². The summed E-state index contributed by atoms with van der Waals surface area (Å²) in [6.45, 7) is 7.57. The molecule has 0 N–H and O–H groups in total. The Morgan fingerprint density at radius 2 is 2.45 bits per heavy atom. The van der Waals surface area contributed by atoms with E-state index in [0.717, 1.165) is 11.4 Å². The van der Waals surface area contributed by atoms with Gasteiger partial charge in [-0.25, -0.2) is 0 Å². The van der Waals surface area contributed by atoms with Crippen LogP contribution in [0.2, 0.25) is 0 Å². The van der Waals surface area contributed by atoms with Gasteiger partial charge in [0.15, 0.2) is 0 Å². The zero-order valence-corrected chi connectivity index (χ0v) is 7.35. The Labute approximate surface area is 70.1 Å². The van der Waals surface area contributed by atoms with Crippen molar-refractivity contribution in [3.8, 4) is 0 Å². The van der Waals surface area contributed by atoms with E-state index in [1.807, 2.05) is 14.1 Å². The molecule has 0 saturated heterocycles. The van der Waals surface area contributed by atoms with Gasteiger partial charge < -0.3 is 9.74 Å². The molecule has 0 aromatic carbocycles. The SMILES string of the molecule is [C-]#[N+]c1ncc(CN(C)C)s1. The molecule has 3 nitrogen and oxygen atoms in total. The van der Waals surface area contributed by atoms with E-state index in [0.29, 0.717) is 5.13 Å². The molecule has 58 valence electrons. The van der Waals surface area contributed by atoms with Crippen LogP contribution in [0.1, 0.15) is 4.88 Å². The molecular formula is C7H9N3S. The van der Waals surface area contributed by atoms with Gasteiger partial charge in [-0.2, -0.15) is 0 Å². The molecule has 0 aliphatic heterocycles. The summed E-state index contributed by atoms with van der Waals surface area (Å²) in [6, 6.07) is 0. The fraction of sp³-hybridized carbons (Fsp3) is 0.429. The first-order valence-electron chi connectivity index (χ1n) is 3.19. The molecule has 1 aromatic heterocycles. The second-order valence-corrected chi connectivity index (χ2v) is 3.55. The van der Waals surface area contributed by atoms with Crippen molar-refractivity contribution in [2.75, 3.05) is 14.1 Å². The van der Waals surface area contributed by atoms with E-state index in [1.165, 1.54) is 11.3 Å². The highest BCUT2D eigenvalue weighted by molar-refractivity contribution is 7.15. The summed E-state index contributed by atoms with van der Waals surface area (Å²) in [5, 5.41) is 0.529. The maximum Gasteiger partial charge on any atom is 0.329 e. The number of hydrogen-bond acceptors (Lipinski definition) is 3. The van der Waals surface area contributed by atoms with Gasteiger partial charge in [-0.15, -0.1) is 16.3 Å². The largest absolute Gasteiger partial charge is 0.351 e. The Kier molecular flexibility index (Phi) is 2.58. The van der Waals surface area contributed by atoms with E-state index >= 15 is 0 Å². The van der Waals surface area contributed by atoms with Crippen LogP contribution in [0.5, 0.6) is 0 Å². The van der Waals surface area contributed by atoms with Gasteiger partial charge in [-0.3, -0.25) is 0 Å². The number of aromatic nitrogens is 1. The van der Waals surface area contributed by atoms with Crippen molar-refractivity contribution >= 4 is 16.5 Å². The first-order valence-corrected chi connectivity index (χ1v) is 4.01. The van der Waals surface area contributed by atoms with Gasteiger partial charge in [-0.05, 0) is 14.1 Å². The third-order valence-electron chi connectivity index (χ3n) is 1.11. The number of hydrogen-bond donors (Lipinski definition) is 0. The van der Waals surface area contributed by atoms with Crippen molar-refractivity contribution in [3.63, 3.8) is 0 Å². The predicted octanol–water partition coefficient (Wildman–Crippen LogP) is 1.76. The molecule has 0 saturated carbocycles. The zero-order chi connectivity index (χ0) is 8.27. The second kappa shape index (κ2) is 3.46. The fourth-order valence-corrected chi connectivity index (χ4v) is 1.55.